The average Bonchev–Trinajstić information content (AvgIpc) is 2.38. The average molecular weight is 278 g/mol. The van der Waals surface area contributed by atoms with Crippen LogP contribution in [0.1, 0.15) is 32.8 Å². The van der Waals surface area contributed by atoms with Crippen molar-refractivity contribution < 1.29 is 9.53 Å². The molecule has 0 spiro atoms. The van der Waals surface area contributed by atoms with Gasteiger partial charge in [-0.25, -0.2) is 0 Å². The lowest BCUT2D eigenvalue weighted by atomic mass is 10.1. The number of nitrogens with one attached hydrogen (secondary N) is 1. The zero-order valence-corrected chi connectivity index (χ0v) is 13.2. The van der Waals surface area contributed by atoms with E-state index in [0.29, 0.717) is 19.5 Å². The van der Waals surface area contributed by atoms with Crippen molar-refractivity contribution >= 4 is 5.91 Å². The van der Waals surface area contributed by atoms with E-state index in [1.54, 1.807) is 12.0 Å². The lowest BCUT2D eigenvalue weighted by molar-refractivity contribution is -0.130. The second-order valence-electron chi connectivity index (χ2n) is 6.02. The number of amides is 1. The van der Waals surface area contributed by atoms with Crippen LogP contribution in [0.3, 0.4) is 0 Å². The van der Waals surface area contributed by atoms with Crippen LogP contribution in [0.2, 0.25) is 0 Å². The molecule has 0 atom stereocenters. The van der Waals surface area contributed by atoms with Crippen molar-refractivity contribution in [3.05, 3.63) is 29.8 Å². The highest BCUT2D eigenvalue weighted by Gasteiger charge is 2.12. The molecule has 4 nitrogen and oxygen atoms in total. The van der Waals surface area contributed by atoms with Crippen LogP contribution in [0.25, 0.3) is 0 Å². The fraction of sp³-hybridized carbons (Fsp3) is 0.562. The number of carbonyl (C=O) groups is 1. The number of carbonyl (C=O) groups excluding carboxylic acids is 1. The molecule has 0 aliphatic carbocycles. The van der Waals surface area contributed by atoms with Gasteiger partial charge in [-0.3, -0.25) is 4.79 Å². The first kappa shape index (κ1) is 16.5. The molecule has 1 aromatic carbocycles. The Hall–Kier alpha value is -1.55. The standard InChI is InChI=1S/C16H26N2O2/c1-16(2,3)17-11-10-15(19)18(4)12-13-6-8-14(20-5)9-7-13/h6-9,17H,10-12H2,1-5H3. The lowest BCUT2D eigenvalue weighted by Crippen LogP contribution is -2.38. The zero-order chi connectivity index (χ0) is 15.2. The largest absolute Gasteiger partial charge is 0.497 e. The molecule has 0 aliphatic rings. The Labute approximate surface area is 122 Å². The minimum absolute atomic E-state index is 0.0504. The first-order valence-corrected chi connectivity index (χ1v) is 6.94. The second-order valence-corrected chi connectivity index (χ2v) is 6.02. The van der Waals surface area contributed by atoms with E-state index >= 15 is 0 Å². The third-order valence-corrected chi connectivity index (χ3v) is 3.00. The van der Waals surface area contributed by atoms with E-state index in [2.05, 4.69) is 26.1 Å². The number of methoxy groups -OCH3 is 1. The van der Waals surface area contributed by atoms with E-state index < -0.39 is 0 Å². The van der Waals surface area contributed by atoms with Gasteiger partial charge in [-0.1, -0.05) is 12.1 Å². The van der Waals surface area contributed by atoms with E-state index in [0.717, 1.165) is 11.3 Å². The summed E-state index contributed by atoms with van der Waals surface area (Å²) in [4.78, 5) is 13.8. The summed E-state index contributed by atoms with van der Waals surface area (Å²) in [6, 6.07) is 7.79. The molecule has 1 aromatic rings. The Morgan fingerprint density at radius 3 is 2.35 bits per heavy atom. The van der Waals surface area contributed by atoms with Crippen molar-refractivity contribution in [2.24, 2.45) is 0 Å². The smallest absolute Gasteiger partial charge is 0.223 e. The van der Waals surface area contributed by atoms with Crippen LogP contribution in [0.4, 0.5) is 0 Å². The van der Waals surface area contributed by atoms with Gasteiger partial charge >= 0.3 is 0 Å². The summed E-state index contributed by atoms with van der Waals surface area (Å²) in [7, 11) is 3.48. The van der Waals surface area contributed by atoms with E-state index in [9.17, 15) is 4.79 Å². The monoisotopic (exact) mass is 278 g/mol. The molecule has 0 heterocycles. The van der Waals surface area contributed by atoms with Crippen LogP contribution in [0, 0.1) is 0 Å². The molecule has 0 unspecified atom stereocenters. The lowest BCUT2D eigenvalue weighted by Gasteiger charge is -2.22. The number of hydrogen-bond acceptors (Lipinski definition) is 3. The molecule has 0 radical (unpaired) electrons. The van der Waals surface area contributed by atoms with Gasteiger partial charge in [-0.05, 0) is 38.5 Å². The van der Waals surface area contributed by atoms with Gasteiger partial charge < -0.3 is 15.0 Å². The molecular formula is C16H26N2O2. The minimum atomic E-state index is 0.0504. The summed E-state index contributed by atoms with van der Waals surface area (Å²) >= 11 is 0. The van der Waals surface area contributed by atoms with Gasteiger partial charge in [0, 0.05) is 32.1 Å². The van der Waals surface area contributed by atoms with Gasteiger partial charge in [-0.15, -0.1) is 0 Å². The van der Waals surface area contributed by atoms with E-state index in [4.69, 9.17) is 4.74 Å². The fourth-order valence-electron chi connectivity index (χ4n) is 1.83. The molecule has 1 rings (SSSR count). The Morgan fingerprint density at radius 1 is 1.25 bits per heavy atom. The second kappa shape index (κ2) is 7.29. The SMILES string of the molecule is COc1ccc(CN(C)C(=O)CCNC(C)(C)C)cc1. The van der Waals surface area contributed by atoms with Gasteiger partial charge in [0.05, 0.1) is 7.11 Å². The Morgan fingerprint density at radius 2 is 1.85 bits per heavy atom. The van der Waals surface area contributed by atoms with Crippen molar-refractivity contribution in [2.45, 2.75) is 39.3 Å². The number of rotatable bonds is 6. The van der Waals surface area contributed by atoms with Gasteiger partial charge in [0.15, 0.2) is 0 Å². The molecule has 4 heteroatoms. The first-order chi connectivity index (χ1) is 9.31. The van der Waals surface area contributed by atoms with E-state index in [1.165, 1.54) is 0 Å². The topological polar surface area (TPSA) is 41.6 Å². The summed E-state index contributed by atoms with van der Waals surface area (Å²) < 4.78 is 5.12. The third kappa shape index (κ3) is 6.06. The Kier molecular flexibility index (Phi) is 6.02. The molecule has 0 aliphatic heterocycles. The van der Waals surface area contributed by atoms with Crippen LogP contribution in [-0.4, -0.2) is 37.0 Å². The molecule has 0 saturated heterocycles. The maximum absolute atomic E-state index is 12.0. The molecule has 0 aromatic heterocycles. The van der Waals surface area contributed by atoms with Gasteiger partial charge in [-0.2, -0.15) is 0 Å². The van der Waals surface area contributed by atoms with Crippen LogP contribution < -0.4 is 10.1 Å². The van der Waals surface area contributed by atoms with Crippen molar-refractivity contribution in [1.82, 2.24) is 10.2 Å². The highest BCUT2D eigenvalue weighted by Crippen LogP contribution is 2.12. The Balaban J connectivity index is 2.40. The maximum atomic E-state index is 12.0. The van der Waals surface area contributed by atoms with E-state index in [-0.39, 0.29) is 11.4 Å². The quantitative estimate of drug-likeness (QED) is 0.869. The molecule has 1 amide bonds. The number of ether oxygens (including phenoxy) is 1. The summed E-state index contributed by atoms with van der Waals surface area (Å²) in [5.74, 6) is 0.981. The highest BCUT2D eigenvalue weighted by atomic mass is 16.5. The van der Waals surface area contributed by atoms with Crippen molar-refractivity contribution in [3.63, 3.8) is 0 Å². The molecule has 0 saturated carbocycles. The normalized spacial score (nSPS) is 11.2. The van der Waals surface area contributed by atoms with Crippen molar-refractivity contribution in [1.29, 1.82) is 0 Å². The van der Waals surface area contributed by atoms with Crippen LogP contribution in [0.5, 0.6) is 5.75 Å². The maximum Gasteiger partial charge on any atom is 0.223 e. The van der Waals surface area contributed by atoms with Gasteiger partial charge in [0.25, 0.3) is 0 Å². The molecule has 20 heavy (non-hydrogen) atoms. The third-order valence-electron chi connectivity index (χ3n) is 3.00. The van der Waals surface area contributed by atoms with Crippen molar-refractivity contribution in [3.8, 4) is 5.75 Å². The zero-order valence-electron chi connectivity index (χ0n) is 13.2. The van der Waals surface area contributed by atoms with E-state index in [1.807, 2.05) is 31.3 Å². The van der Waals surface area contributed by atoms with Crippen LogP contribution >= 0.6 is 0 Å². The number of benzene rings is 1. The van der Waals surface area contributed by atoms with Crippen LogP contribution in [0.15, 0.2) is 24.3 Å². The molecular weight excluding hydrogens is 252 g/mol. The van der Waals surface area contributed by atoms with Gasteiger partial charge in [0.2, 0.25) is 5.91 Å². The fourth-order valence-corrected chi connectivity index (χ4v) is 1.83. The molecule has 112 valence electrons. The predicted octanol–water partition coefficient (Wildman–Crippen LogP) is 2.43. The summed E-state index contributed by atoms with van der Waals surface area (Å²) in [5, 5.41) is 3.32. The number of hydrogen-bond donors (Lipinski definition) is 1. The number of nitrogens with zero attached hydrogens (tertiary/aromatic N) is 1. The van der Waals surface area contributed by atoms with Crippen molar-refractivity contribution in [2.75, 3.05) is 20.7 Å². The summed E-state index contributed by atoms with van der Waals surface area (Å²) in [6.07, 6.45) is 0.518. The molecule has 0 fully saturated rings. The predicted molar refractivity (Wildman–Crippen MR) is 81.8 cm³/mol. The molecule has 0 bridgehead atoms. The van der Waals surface area contributed by atoms with Crippen LogP contribution in [-0.2, 0) is 11.3 Å². The molecule has 1 N–H and O–H groups in total. The Bertz CT molecular complexity index is 421. The first-order valence-electron chi connectivity index (χ1n) is 6.94. The summed E-state index contributed by atoms with van der Waals surface area (Å²) in [5.41, 5.74) is 1.15. The van der Waals surface area contributed by atoms with Gasteiger partial charge in [0.1, 0.15) is 5.75 Å². The highest BCUT2D eigenvalue weighted by molar-refractivity contribution is 5.76. The summed E-state index contributed by atoms with van der Waals surface area (Å²) in [6.45, 7) is 7.61. The minimum Gasteiger partial charge on any atom is -0.497 e.